The monoisotopic (exact) mass is 651 g/mol. The van der Waals surface area contributed by atoms with Crippen molar-refractivity contribution in [2.24, 2.45) is 11.3 Å². The number of ether oxygens (including phenoxy) is 3. The molecule has 4 rings (SSSR count). The Hall–Kier alpha value is -4.45. The average molecular weight is 652 g/mol. The van der Waals surface area contributed by atoms with Gasteiger partial charge in [-0.05, 0) is 50.2 Å². The van der Waals surface area contributed by atoms with E-state index in [1.807, 2.05) is 60.7 Å². The van der Waals surface area contributed by atoms with E-state index in [0.29, 0.717) is 32.2 Å². The zero-order valence-corrected chi connectivity index (χ0v) is 26.9. The zero-order valence-electron chi connectivity index (χ0n) is 26.9. The Labute approximate surface area is 275 Å². The Morgan fingerprint density at radius 2 is 1.55 bits per heavy atom. The lowest BCUT2D eigenvalue weighted by Crippen LogP contribution is -2.52. The summed E-state index contributed by atoms with van der Waals surface area (Å²) in [6.07, 6.45) is 2.75. The van der Waals surface area contributed by atoms with Crippen LogP contribution in [0.5, 0.6) is 0 Å². The van der Waals surface area contributed by atoms with E-state index >= 15 is 0 Å². The molecule has 2 aromatic rings. The van der Waals surface area contributed by atoms with Gasteiger partial charge in [-0.25, -0.2) is 9.59 Å². The van der Waals surface area contributed by atoms with E-state index < -0.39 is 53.3 Å². The van der Waals surface area contributed by atoms with Gasteiger partial charge in [0.05, 0.1) is 31.2 Å². The highest BCUT2D eigenvalue weighted by molar-refractivity contribution is 5.89. The van der Waals surface area contributed by atoms with Gasteiger partial charge in [-0.1, -0.05) is 73.5 Å². The molecular weight excluding hydrogens is 606 g/mol. The number of likely N-dealkylation sites (tertiary alicyclic amines) is 1. The van der Waals surface area contributed by atoms with Crippen LogP contribution in [0.1, 0.15) is 63.0 Å². The summed E-state index contributed by atoms with van der Waals surface area (Å²) in [6, 6.07) is 16.8. The van der Waals surface area contributed by atoms with Crippen LogP contribution in [0.25, 0.3) is 0 Å². The number of carboxylic acid groups (broad SMARTS) is 1. The van der Waals surface area contributed by atoms with Crippen LogP contribution in [0, 0.1) is 11.3 Å². The second-order valence-corrected chi connectivity index (χ2v) is 12.1. The first kappa shape index (κ1) is 35.4. The number of carboxylic acids is 1. The Morgan fingerprint density at radius 1 is 0.915 bits per heavy atom. The van der Waals surface area contributed by atoms with Crippen molar-refractivity contribution in [1.82, 2.24) is 15.5 Å². The van der Waals surface area contributed by atoms with E-state index in [0.717, 1.165) is 24.0 Å². The molecule has 0 bridgehead atoms. The van der Waals surface area contributed by atoms with Crippen molar-refractivity contribution in [3.8, 4) is 0 Å². The van der Waals surface area contributed by atoms with Crippen molar-refractivity contribution in [3.05, 3.63) is 71.8 Å². The zero-order chi connectivity index (χ0) is 33.6. The third-order valence-corrected chi connectivity index (χ3v) is 8.82. The Balaban J connectivity index is 1.35. The fourth-order valence-electron chi connectivity index (χ4n) is 6.29. The van der Waals surface area contributed by atoms with Crippen molar-refractivity contribution >= 4 is 29.8 Å². The molecule has 2 aliphatic rings. The highest BCUT2D eigenvalue weighted by atomic mass is 16.6. The molecule has 12 nitrogen and oxygen atoms in total. The fourth-order valence-corrected chi connectivity index (χ4v) is 6.29. The molecule has 1 unspecified atom stereocenters. The van der Waals surface area contributed by atoms with Gasteiger partial charge in [-0.3, -0.25) is 19.3 Å². The van der Waals surface area contributed by atoms with Gasteiger partial charge in [0.25, 0.3) is 0 Å². The first-order chi connectivity index (χ1) is 22.7. The van der Waals surface area contributed by atoms with Crippen LogP contribution < -0.4 is 10.6 Å². The quantitative estimate of drug-likeness (QED) is 0.229. The number of esters is 1. The van der Waals surface area contributed by atoms with Crippen molar-refractivity contribution in [2.75, 3.05) is 26.3 Å². The molecule has 12 heteroatoms. The number of nitrogens with one attached hydrogen (secondary N) is 2. The topological polar surface area (TPSA) is 161 Å². The van der Waals surface area contributed by atoms with Crippen molar-refractivity contribution < 1.29 is 43.3 Å². The van der Waals surface area contributed by atoms with Crippen molar-refractivity contribution in [3.63, 3.8) is 0 Å². The molecule has 3 amide bonds. The second-order valence-electron chi connectivity index (χ2n) is 12.1. The molecule has 1 aliphatic heterocycles. The minimum absolute atomic E-state index is 0.0254. The molecular formula is C35H45N3O9. The van der Waals surface area contributed by atoms with Gasteiger partial charge in [0.2, 0.25) is 11.8 Å². The third kappa shape index (κ3) is 10.0. The molecule has 254 valence electrons. The lowest BCUT2D eigenvalue weighted by molar-refractivity contribution is -0.152. The smallest absolute Gasteiger partial charge is 0.410 e. The molecule has 2 aromatic carbocycles. The summed E-state index contributed by atoms with van der Waals surface area (Å²) in [5.41, 5.74) is 0.687. The van der Waals surface area contributed by atoms with Crippen LogP contribution in [0.2, 0.25) is 0 Å². The van der Waals surface area contributed by atoms with Gasteiger partial charge >= 0.3 is 18.0 Å². The molecule has 0 spiro atoms. The number of nitrogens with zero attached hydrogens (tertiary/aromatic N) is 1. The second kappa shape index (κ2) is 17.5. The number of carbonyl (C=O) groups excluding carboxylic acids is 4. The summed E-state index contributed by atoms with van der Waals surface area (Å²) in [5.74, 6) is -3.75. The maximum atomic E-state index is 13.8. The Kier molecular flexibility index (Phi) is 13.2. The number of hydrogen-bond donors (Lipinski definition) is 3. The van der Waals surface area contributed by atoms with Crippen molar-refractivity contribution in [1.29, 1.82) is 0 Å². The average Bonchev–Trinajstić information content (AvgIpc) is 3.77. The van der Waals surface area contributed by atoms with Crippen LogP contribution in [-0.4, -0.2) is 78.2 Å². The predicted octanol–water partition coefficient (Wildman–Crippen LogP) is 3.82. The number of rotatable bonds is 16. The van der Waals surface area contributed by atoms with Gasteiger partial charge in [0.15, 0.2) is 6.04 Å². The first-order valence-electron chi connectivity index (χ1n) is 16.3. The lowest BCUT2D eigenvalue weighted by atomic mass is 9.76. The van der Waals surface area contributed by atoms with E-state index in [9.17, 15) is 29.1 Å². The molecule has 2 fully saturated rings. The molecule has 3 N–H and O–H groups in total. The molecule has 1 aliphatic carbocycles. The van der Waals surface area contributed by atoms with Gasteiger partial charge < -0.3 is 30.0 Å². The standard InChI is InChI=1S/C35H45N3O9/c1-2-46-32(42)28(24-45-22-25-12-5-3-6-13-25)37-33(43)35(17-9-10-18-35)20-27(31(40)41)21-36-30(39)29-16-11-19-38(29)34(44)47-23-26-14-7-4-8-15-26/h3-8,12-15,27-29H,2,9-11,16-24H2,1H3,(H,36,39)(H,37,43)(H,40,41)/t27?,28-,29-/m0/s1. The number of hydrogen-bond acceptors (Lipinski definition) is 8. The summed E-state index contributed by atoms with van der Waals surface area (Å²) in [7, 11) is 0. The van der Waals surface area contributed by atoms with Crippen LogP contribution in [0.3, 0.4) is 0 Å². The SMILES string of the molecule is CCOC(=O)[C@H](COCc1ccccc1)NC(=O)C1(CC(CNC(=O)[C@@H]2CCCN2C(=O)OCc2ccccc2)C(=O)O)CCCC1. The van der Waals surface area contributed by atoms with Gasteiger partial charge in [0, 0.05) is 13.1 Å². The molecule has 3 atom stereocenters. The summed E-state index contributed by atoms with van der Waals surface area (Å²) in [6.45, 7) is 2.14. The molecule has 1 saturated carbocycles. The van der Waals surface area contributed by atoms with Crippen LogP contribution in [0.4, 0.5) is 4.79 Å². The summed E-state index contributed by atoms with van der Waals surface area (Å²) in [5, 5.41) is 15.6. The van der Waals surface area contributed by atoms with Crippen molar-refractivity contribution in [2.45, 2.75) is 77.2 Å². The number of aliphatic carboxylic acids is 1. The number of carbonyl (C=O) groups is 5. The molecule has 47 heavy (non-hydrogen) atoms. The maximum absolute atomic E-state index is 13.8. The van der Waals surface area contributed by atoms with Gasteiger partial charge in [-0.2, -0.15) is 0 Å². The van der Waals surface area contributed by atoms with E-state index in [2.05, 4.69) is 10.6 Å². The molecule has 0 radical (unpaired) electrons. The lowest BCUT2D eigenvalue weighted by Gasteiger charge is -2.32. The largest absolute Gasteiger partial charge is 0.481 e. The Morgan fingerprint density at radius 3 is 2.17 bits per heavy atom. The normalized spacial score (nSPS) is 18.1. The Bertz CT molecular complexity index is 1350. The fraction of sp³-hybridized carbons (Fsp3) is 0.514. The molecule has 1 heterocycles. The van der Waals surface area contributed by atoms with E-state index in [1.165, 1.54) is 4.90 Å². The summed E-state index contributed by atoms with van der Waals surface area (Å²) >= 11 is 0. The van der Waals surface area contributed by atoms with Crippen LogP contribution in [0.15, 0.2) is 60.7 Å². The predicted molar refractivity (Wildman–Crippen MR) is 171 cm³/mol. The minimum Gasteiger partial charge on any atom is -0.481 e. The van der Waals surface area contributed by atoms with Crippen LogP contribution in [-0.2, 0) is 46.6 Å². The van der Waals surface area contributed by atoms with E-state index in [4.69, 9.17) is 14.2 Å². The van der Waals surface area contributed by atoms with E-state index in [1.54, 1.807) is 6.92 Å². The third-order valence-electron chi connectivity index (χ3n) is 8.82. The highest BCUT2D eigenvalue weighted by Gasteiger charge is 2.46. The molecule has 1 saturated heterocycles. The van der Waals surface area contributed by atoms with Gasteiger partial charge in [-0.15, -0.1) is 0 Å². The highest BCUT2D eigenvalue weighted by Crippen LogP contribution is 2.43. The maximum Gasteiger partial charge on any atom is 0.410 e. The molecule has 0 aromatic heterocycles. The number of amides is 3. The van der Waals surface area contributed by atoms with Gasteiger partial charge in [0.1, 0.15) is 12.6 Å². The summed E-state index contributed by atoms with van der Waals surface area (Å²) < 4.78 is 16.4. The van der Waals surface area contributed by atoms with Crippen LogP contribution >= 0.6 is 0 Å². The summed E-state index contributed by atoms with van der Waals surface area (Å²) in [4.78, 5) is 66.3. The first-order valence-corrected chi connectivity index (χ1v) is 16.3. The number of benzene rings is 2. The minimum atomic E-state index is -1.15. The van der Waals surface area contributed by atoms with E-state index in [-0.39, 0.29) is 39.4 Å².